The predicted molar refractivity (Wildman–Crippen MR) is 61.2 cm³/mol. The largest absolute Gasteiger partial charge is 0.301 e. The van der Waals surface area contributed by atoms with Crippen molar-refractivity contribution in [3.63, 3.8) is 0 Å². The van der Waals surface area contributed by atoms with E-state index < -0.39 is 5.91 Å². The highest BCUT2D eigenvalue weighted by atomic mass is 35.5. The summed E-state index contributed by atoms with van der Waals surface area (Å²) in [5.74, 6) is -0.284. The molecule has 0 unspecified atom stereocenters. The van der Waals surface area contributed by atoms with Crippen molar-refractivity contribution in [1.29, 1.82) is 0 Å². The van der Waals surface area contributed by atoms with Gasteiger partial charge in [0.1, 0.15) is 11.4 Å². The van der Waals surface area contributed by atoms with Crippen molar-refractivity contribution in [3.05, 3.63) is 33.7 Å². The smallest absolute Gasteiger partial charge is 0.277 e. The molecular formula is C9H6Cl2N4O2. The van der Waals surface area contributed by atoms with E-state index in [2.05, 4.69) is 25.2 Å². The number of carbonyl (C=O) groups excluding carboxylic acids is 1. The molecule has 0 aliphatic heterocycles. The minimum absolute atomic E-state index is 0.0541. The summed E-state index contributed by atoms with van der Waals surface area (Å²) in [7, 11) is 0. The quantitative estimate of drug-likeness (QED) is 0.908. The second-order valence-corrected chi connectivity index (χ2v) is 3.98. The molecule has 2 heterocycles. The van der Waals surface area contributed by atoms with Crippen LogP contribution < -0.4 is 5.32 Å². The topological polar surface area (TPSA) is 80.9 Å². The summed E-state index contributed by atoms with van der Waals surface area (Å²) in [5, 5.41) is 10.0. The molecule has 0 saturated carbocycles. The number of carbonyl (C=O) groups is 1. The van der Waals surface area contributed by atoms with Gasteiger partial charge in [0.05, 0.1) is 10.0 Å². The third kappa shape index (κ3) is 2.54. The van der Waals surface area contributed by atoms with Crippen LogP contribution in [0.5, 0.6) is 0 Å². The molecule has 2 aromatic rings. The minimum atomic E-state index is -0.509. The first kappa shape index (κ1) is 11.8. The highest BCUT2D eigenvalue weighted by Crippen LogP contribution is 2.19. The molecule has 0 saturated heterocycles. The summed E-state index contributed by atoms with van der Waals surface area (Å²) in [5.41, 5.74) is 0.516. The first-order valence-corrected chi connectivity index (χ1v) is 5.25. The zero-order valence-electron chi connectivity index (χ0n) is 8.57. The molecule has 17 heavy (non-hydrogen) atoms. The van der Waals surface area contributed by atoms with E-state index in [1.807, 2.05) is 0 Å². The molecule has 0 bridgehead atoms. The lowest BCUT2D eigenvalue weighted by molar-refractivity contribution is 0.102. The fourth-order valence-corrected chi connectivity index (χ4v) is 1.56. The van der Waals surface area contributed by atoms with E-state index in [4.69, 9.17) is 23.2 Å². The van der Waals surface area contributed by atoms with Gasteiger partial charge in [-0.3, -0.25) is 4.79 Å². The minimum Gasteiger partial charge on any atom is -0.301 e. The molecule has 0 atom stereocenters. The number of hydrogen-bond acceptors (Lipinski definition) is 5. The Morgan fingerprint density at radius 1 is 1.41 bits per heavy atom. The Hall–Kier alpha value is -1.66. The molecule has 2 aromatic heterocycles. The number of pyridine rings is 1. The summed E-state index contributed by atoms with van der Waals surface area (Å²) in [6.07, 6.45) is 1.33. The maximum atomic E-state index is 11.8. The van der Waals surface area contributed by atoms with Gasteiger partial charge in [-0.2, -0.15) is 0 Å². The van der Waals surface area contributed by atoms with Crippen LogP contribution >= 0.6 is 23.2 Å². The van der Waals surface area contributed by atoms with Gasteiger partial charge in [0.15, 0.2) is 0 Å². The average molecular weight is 273 g/mol. The predicted octanol–water partition coefficient (Wildman–Crippen LogP) is 2.33. The first-order chi connectivity index (χ1) is 8.08. The zero-order chi connectivity index (χ0) is 12.4. The third-order valence-electron chi connectivity index (χ3n) is 1.91. The van der Waals surface area contributed by atoms with Gasteiger partial charge in [0.25, 0.3) is 5.91 Å². The highest BCUT2D eigenvalue weighted by Gasteiger charge is 2.15. The lowest BCUT2D eigenvalue weighted by atomic mass is 10.3. The standard InChI is InChI=1S/C9H6Cl2N4O2/c1-4-8(15-17-14-4)13-9(16)7-6(11)2-5(10)3-12-7/h2-3H,1H3,(H,13,15,16). The van der Waals surface area contributed by atoms with E-state index in [0.29, 0.717) is 10.7 Å². The Balaban J connectivity index is 2.23. The SMILES string of the molecule is Cc1nonc1NC(=O)c1ncc(Cl)cc1Cl. The van der Waals surface area contributed by atoms with Crippen LogP contribution in [0.2, 0.25) is 10.0 Å². The molecule has 0 spiro atoms. The number of anilines is 1. The lowest BCUT2D eigenvalue weighted by Gasteiger charge is -2.03. The molecule has 1 amide bonds. The molecule has 0 radical (unpaired) electrons. The van der Waals surface area contributed by atoms with Crippen LogP contribution in [0.4, 0.5) is 5.82 Å². The Morgan fingerprint density at radius 3 is 2.76 bits per heavy atom. The van der Waals surface area contributed by atoms with Crippen molar-refractivity contribution in [2.75, 3.05) is 5.32 Å². The van der Waals surface area contributed by atoms with E-state index in [1.54, 1.807) is 6.92 Å². The van der Waals surface area contributed by atoms with Crippen molar-refractivity contribution in [2.24, 2.45) is 0 Å². The van der Waals surface area contributed by atoms with Gasteiger partial charge in [0.2, 0.25) is 5.82 Å². The number of aryl methyl sites for hydroxylation is 1. The van der Waals surface area contributed by atoms with Crippen molar-refractivity contribution < 1.29 is 9.42 Å². The maximum Gasteiger partial charge on any atom is 0.277 e. The van der Waals surface area contributed by atoms with Crippen LogP contribution in [0.15, 0.2) is 16.9 Å². The number of aromatic nitrogens is 3. The summed E-state index contributed by atoms with van der Waals surface area (Å²) < 4.78 is 4.44. The Kier molecular flexibility index (Phi) is 3.26. The second kappa shape index (κ2) is 4.68. The molecule has 1 N–H and O–H groups in total. The van der Waals surface area contributed by atoms with Gasteiger partial charge in [-0.25, -0.2) is 9.61 Å². The fourth-order valence-electron chi connectivity index (χ4n) is 1.09. The molecule has 88 valence electrons. The van der Waals surface area contributed by atoms with Gasteiger partial charge in [0, 0.05) is 6.20 Å². The van der Waals surface area contributed by atoms with Gasteiger partial charge in [-0.1, -0.05) is 28.4 Å². The normalized spacial score (nSPS) is 10.3. The number of nitrogens with one attached hydrogen (secondary N) is 1. The van der Waals surface area contributed by atoms with Crippen molar-refractivity contribution >= 4 is 34.9 Å². The molecule has 0 aliphatic rings. The number of nitrogens with zero attached hydrogens (tertiary/aromatic N) is 3. The highest BCUT2D eigenvalue weighted by molar-refractivity contribution is 6.36. The number of hydrogen-bond donors (Lipinski definition) is 1. The van der Waals surface area contributed by atoms with Crippen LogP contribution in [-0.2, 0) is 0 Å². The molecule has 0 aliphatic carbocycles. The van der Waals surface area contributed by atoms with E-state index in [1.165, 1.54) is 12.3 Å². The monoisotopic (exact) mass is 272 g/mol. The second-order valence-electron chi connectivity index (χ2n) is 3.14. The van der Waals surface area contributed by atoms with Crippen LogP contribution in [0, 0.1) is 6.92 Å². The van der Waals surface area contributed by atoms with E-state index >= 15 is 0 Å². The van der Waals surface area contributed by atoms with Gasteiger partial charge in [-0.15, -0.1) is 0 Å². The van der Waals surface area contributed by atoms with Gasteiger partial charge in [-0.05, 0) is 18.1 Å². The van der Waals surface area contributed by atoms with Crippen molar-refractivity contribution in [1.82, 2.24) is 15.3 Å². The van der Waals surface area contributed by atoms with Crippen LogP contribution in [0.1, 0.15) is 16.2 Å². The molecular weight excluding hydrogens is 267 g/mol. The summed E-state index contributed by atoms with van der Waals surface area (Å²) in [6, 6.07) is 1.43. The Morgan fingerprint density at radius 2 is 2.18 bits per heavy atom. The van der Waals surface area contributed by atoms with Crippen molar-refractivity contribution in [3.8, 4) is 0 Å². The average Bonchev–Trinajstić information content (AvgIpc) is 2.64. The molecule has 8 heteroatoms. The molecule has 0 fully saturated rings. The Labute approximate surface area is 106 Å². The van der Waals surface area contributed by atoms with Gasteiger partial charge >= 0.3 is 0 Å². The molecule has 0 aromatic carbocycles. The maximum absolute atomic E-state index is 11.8. The molecule has 6 nitrogen and oxygen atoms in total. The summed E-state index contributed by atoms with van der Waals surface area (Å²) >= 11 is 11.5. The van der Waals surface area contributed by atoms with Crippen LogP contribution in [-0.4, -0.2) is 21.2 Å². The first-order valence-electron chi connectivity index (χ1n) is 4.49. The number of halogens is 2. The van der Waals surface area contributed by atoms with Crippen molar-refractivity contribution in [2.45, 2.75) is 6.92 Å². The van der Waals surface area contributed by atoms with Gasteiger partial charge < -0.3 is 5.32 Å². The third-order valence-corrected chi connectivity index (χ3v) is 2.40. The van der Waals surface area contributed by atoms with Crippen LogP contribution in [0.3, 0.4) is 0 Å². The number of amides is 1. The number of rotatable bonds is 2. The fraction of sp³-hybridized carbons (Fsp3) is 0.111. The van der Waals surface area contributed by atoms with E-state index in [0.717, 1.165) is 0 Å². The summed E-state index contributed by atoms with van der Waals surface area (Å²) in [4.78, 5) is 15.6. The Bertz CT molecular complexity index is 570. The summed E-state index contributed by atoms with van der Waals surface area (Å²) in [6.45, 7) is 1.64. The van der Waals surface area contributed by atoms with E-state index in [-0.39, 0.29) is 16.5 Å². The molecule has 2 rings (SSSR count). The zero-order valence-corrected chi connectivity index (χ0v) is 10.1. The lowest BCUT2D eigenvalue weighted by Crippen LogP contribution is -2.15. The van der Waals surface area contributed by atoms with E-state index in [9.17, 15) is 4.79 Å². The van der Waals surface area contributed by atoms with Crippen LogP contribution in [0.25, 0.3) is 0 Å².